The maximum absolute atomic E-state index is 13.3. The van der Waals surface area contributed by atoms with Gasteiger partial charge >= 0.3 is 0 Å². The minimum atomic E-state index is -0.0645. The monoisotopic (exact) mass is 448 g/mol. The van der Waals surface area contributed by atoms with Crippen LogP contribution >= 0.6 is 27.3 Å². The minimum Gasteiger partial charge on any atom is -0.279 e. The zero-order valence-corrected chi connectivity index (χ0v) is 17.4. The molecule has 3 nitrogen and oxygen atoms in total. The topological polar surface area (TPSA) is 33.2 Å². The number of carbonyl (C=O) groups is 1. The van der Waals surface area contributed by atoms with Gasteiger partial charge in [-0.2, -0.15) is 0 Å². The molecule has 138 valence electrons. The van der Waals surface area contributed by atoms with Crippen LogP contribution in [0.3, 0.4) is 0 Å². The highest BCUT2D eigenvalue weighted by Crippen LogP contribution is 2.29. The fourth-order valence-electron chi connectivity index (χ4n) is 2.87. The molecule has 0 aliphatic rings. The molecule has 1 amide bonds. The summed E-state index contributed by atoms with van der Waals surface area (Å²) in [6.45, 7) is 0.470. The number of carbonyl (C=O) groups excluding carboxylic acids is 1. The fraction of sp³-hybridized carbons (Fsp3) is 0.0435. The number of hydrogen-bond acceptors (Lipinski definition) is 3. The van der Waals surface area contributed by atoms with E-state index in [0.717, 1.165) is 21.3 Å². The molecule has 0 spiro atoms. The number of halogens is 1. The van der Waals surface area contributed by atoms with Crippen LogP contribution in [0.4, 0.5) is 5.13 Å². The van der Waals surface area contributed by atoms with Crippen LogP contribution in [0, 0.1) is 0 Å². The highest BCUT2D eigenvalue weighted by molar-refractivity contribution is 9.10. The zero-order valence-electron chi connectivity index (χ0n) is 15.0. The number of benzene rings is 3. The van der Waals surface area contributed by atoms with E-state index in [9.17, 15) is 4.79 Å². The number of anilines is 1. The molecule has 0 aliphatic heterocycles. The average molecular weight is 449 g/mol. The standard InChI is InChI=1S/C23H17BrN2OS/c24-20-13-11-19(12-14-20)22(27)26(15-17-7-3-1-4-8-17)23-25-21(16-28-23)18-9-5-2-6-10-18/h1-14,16H,15H2. The first-order valence-corrected chi connectivity index (χ1v) is 10.5. The van der Waals surface area contributed by atoms with Crippen LogP contribution in [-0.4, -0.2) is 10.9 Å². The van der Waals surface area contributed by atoms with Crippen molar-refractivity contribution >= 4 is 38.3 Å². The Labute approximate surface area is 176 Å². The first-order valence-electron chi connectivity index (χ1n) is 8.83. The van der Waals surface area contributed by atoms with Gasteiger partial charge in [-0.1, -0.05) is 76.6 Å². The van der Waals surface area contributed by atoms with Gasteiger partial charge in [0.1, 0.15) is 0 Å². The third kappa shape index (κ3) is 4.21. The molecule has 5 heteroatoms. The molecule has 28 heavy (non-hydrogen) atoms. The summed E-state index contributed by atoms with van der Waals surface area (Å²) in [6.07, 6.45) is 0. The van der Waals surface area contributed by atoms with Crippen LogP contribution in [0.1, 0.15) is 15.9 Å². The van der Waals surface area contributed by atoms with E-state index in [-0.39, 0.29) is 5.91 Å². The normalized spacial score (nSPS) is 10.6. The highest BCUT2D eigenvalue weighted by atomic mass is 79.9. The SMILES string of the molecule is O=C(c1ccc(Br)cc1)N(Cc1ccccc1)c1nc(-c2ccccc2)cs1. The van der Waals surface area contributed by atoms with Gasteiger partial charge in [0, 0.05) is 21.0 Å². The molecular weight excluding hydrogens is 432 g/mol. The Morgan fingerprint density at radius 1 is 0.893 bits per heavy atom. The molecule has 0 radical (unpaired) electrons. The van der Waals surface area contributed by atoms with Crippen molar-refractivity contribution in [3.8, 4) is 11.3 Å². The largest absolute Gasteiger partial charge is 0.279 e. The second-order valence-electron chi connectivity index (χ2n) is 6.27. The number of nitrogens with zero attached hydrogens (tertiary/aromatic N) is 2. The summed E-state index contributed by atoms with van der Waals surface area (Å²) in [5, 5.41) is 2.69. The Kier molecular flexibility index (Phi) is 5.65. The predicted molar refractivity (Wildman–Crippen MR) is 119 cm³/mol. The lowest BCUT2D eigenvalue weighted by atomic mass is 10.1. The molecule has 4 rings (SSSR count). The molecule has 4 aromatic rings. The quantitative estimate of drug-likeness (QED) is 0.352. The Hall–Kier alpha value is -2.76. The fourth-order valence-corrected chi connectivity index (χ4v) is 3.97. The van der Waals surface area contributed by atoms with Gasteiger partial charge < -0.3 is 0 Å². The average Bonchev–Trinajstić information content (AvgIpc) is 3.23. The van der Waals surface area contributed by atoms with E-state index in [1.165, 1.54) is 11.3 Å². The van der Waals surface area contributed by atoms with E-state index >= 15 is 0 Å². The molecule has 3 aromatic carbocycles. The second kappa shape index (κ2) is 8.50. The number of thiazole rings is 1. The van der Waals surface area contributed by atoms with Crippen molar-refractivity contribution in [1.82, 2.24) is 4.98 Å². The Balaban J connectivity index is 1.69. The minimum absolute atomic E-state index is 0.0645. The summed E-state index contributed by atoms with van der Waals surface area (Å²) >= 11 is 4.91. The van der Waals surface area contributed by atoms with E-state index in [0.29, 0.717) is 17.2 Å². The van der Waals surface area contributed by atoms with Crippen molar-refractivity contribution in [3.05, 3.63) is 106 Å². The van der Waals surface area contributed by atoms with Crippen LogP contribution in [0.2, 0.25) is 0 Å². The van der Waals surface area contributed by atoms with Crippen molar-refractivity contribution in [1.29, 1.82) is 0 Å². The number of rotatable bonds is 5. The van der Waals surface area contributed by atoms with E-state index in [4.69, 9.17) is 4.98 Å². The molecule has 1 aromatic heterocycles. The summed E-state index contributed by atoms with van der Waals surface area (Å²) in [5.41, 5.74) is 3.61. The number of hydrogen-bond donors (Lipinski definition) is 0. The third-order valence-electron chi connectivity index (χ3n) is 4.31. The Morgan fingerprint density at radius 3 is 2.21 bits per heavy atom. The van der Waals surface area contributed by atoms with Crippen LogP contribution in [0.5, 0.6) is 0 Å². The first-order chi connectivity index (χ1) is 13.7. The van der Waals surface area contributed by atoms with Crippen LogP contribution in [-0.2, 0) is 6.54 Å². The maximum Gasteiger partial charge on any atom is 0.260 e. The van der Waals surface area contributed by atoms with Crippen molar-refractivity contribution in [2.75, 3.05) is 4.90 Å². The van der Waals surface area contributed by atoms with Gasteiger partial charge in [-0.25, -0.2) is 4.98 Å². The molecule has 0 unspecified atom stereocenters. The van der Waals surface area contributed by atoms with E-state index in [1.54, 1.807) is 4.90 Å². The molecule has 0 fully saturated rings. The van der Waals surface area contributed by atoms with Gasteiger partial charge in [-0.05, 0) is 29.8 Å². The molecule has 0 bridgehead atoms. The Morgan fingerprint density at radius 2 is 1.54 bits per heavy atom. The van der Waals surface area contributed by atoms with Gasteiger partial charge in [0.2, 0.25) is 0 Å². The van der Waals surface area contributed by atoms with E-state index in [1.807, 2.05) is 90.3 Å². The highest BCUT2D eigenvalue weighted by Gasteiger charge is 2.21. The third-order valence-corrected chi connectivity index (χ3v) is 5.70. The van der Waals surface area contributed by atoms with Crippen molar-refractivity contribution in [2.24, 2.45) is 0 Å². The lowest BCUT2D eigenvalue weighted by molar-refractivity contribution is 0.0985. The van der Waals surface area contributed by atoms with Crippen molar-refractivity contribution in [3.63, 3.8) is 0 Å². The number of amides is 1. The van der Waals surface area contributed by atoms with Gasteiger partial charge in [-0.3, -0.25) is 9.69 Å². The summed E-state index contributed by atoms with van der Waals surface area (Å²) < 4.78 is 0.944. The van der Waals surface area contributed by atoms with Gasteiger partial charge in [0.05, 0.1) is 12.2 Å². The summed E-state index contributed by atoms with van der Waals surface area (Å²) in [4.78, 5) is 19.8. The predicted octanol–water partition coefficient (Wildman–Crippen LogP) is 6.42. The molecule has 0 atom stereocenters. The van der Waals surface area contributed by atoms with Gasteiger partial charge in [0.25, 0.3) is 5.91 Å². The van der Waals surface area contributed by atoms with Crippen molar-refractivity contribution < 1.29 is 4.79 Å². The summed E-state index contributed by atoms with van der Waals surface area (Å²) in [6, 6.07) is 27.4. The van der Waals surface area contributed by atoms with Crippen LogP contribution in [0.15, 0.2) is 94.8 Å². The lowest BCUT2D eigenvalue weighted by Gasteiger charge is -2.20. The summed E-state index contributed by atoms with van der Waals surface area (Å²) in [5.74, 6) is -0.0645. The smallest absolute Gasteiger partial charge is 0.260 e. The van der Waals surface area contributed by atoms with Crippen molar-refractivity contribution in [2.45, 2.75) is 6.54 Å². The first kappa shape index (κ1) is 18.6. The lowest BCUT2D eigenvalue weighted by Crippen LogP contribution is -2.30. The molecule has 0 N–H and O–H groups in total. The maximum atomic E-state index is 13.3. The van der Waals surface area contributed by atoms with Crippen LogP contribution < -0.4 is 4.90 Å². The van der Waals surface area contributed by atoms with Crippen LogP contribution in [0.25, 0.3) is 11.3 Å². The Bertz CT molecular complexity index is 1060. The van der Waals surface area contributed by atoms with Gasteiger partial charge in [-0.15, -0.1) is 11.3 Å². The molecular formula is C23H17BrN2OS. The molecule has 1 heterocycles. The molecule has 0 aliphatic carbocycles. The molecule has 0 saturated carbocycles. The van der Waals surface area contributed by atoms with E-state index in [2.05, 4.69) is 15.9 Å². The molecule has 0 saturated heterocycles. The number of aromatic nitrogens is 1. The van der Waals surface area contributed by atoms with Gasteiger partial charge in [0.15, 0.2) is 5.13 Å². The summed E-state index contributed by atoms with van der Waals surface area (Å²) in [7, 11) is 0. The zero-order chi connectivity index (χ0) is 19.3. The second-order valence-corrected chi connectivity index (χ2v) is 8.02. The van der Waals surface area contributed by atoms with E-state index < -0.39 is 0 Å².